The van der Waals surface area contributed by atoms with Gasteiger partial charge in [-0.3, -0.25) is 9.59 Å². The van der Waals surface area contributed by atoms with Crippen molar-refractivity contribution in [3.63, 3.8) is 0 Å². The van der Waals surface area contributed by atoms with Gasteiger partial charge in [0, 0.05) is 25.7 Å². The molecule has 2 aliphatic rings. The largest absolute Gasteiger partial charge is 0.300 e. The standard InChI is InChI=1S/2C7H12O/c2*1-6-2-4-7(8)5-3-6/h2*6H,2-5H2,1H3. The van der Waals surface area contributed by atoms with E-state index in [0.29, 0.717) is 11.6 Å². The number of rotatable bonds is 0. The molecule has 0 aromatic heterocycles. The first kappa shape index (κ1) is 13.4. The lowest BCUT2D eigenvalue weighted by Gasteiger charge is -2.14. The van der Waals surface area contributed by atoms with E-state index in [4.69, 9.17) is 0 Å². The maximum Gasteiger partial charge on any atom is 0.132 e. The van der Waals surface area contributed by atoms with Gasteiger partial charge < -0.3 is 0 Å². The van der Waals surface area contributed by atoms with E-state index < -0.39 is 0 Å². The highest BCUT2D eigenvalue weighted by Crippen LogP contribution is 2.20. The second kappa shape index (κ2) is 6.82. The molecule has 0 amide bonds. The van der Waals surface area contributed by atoms with E-state index in [-0.39, 0.29) is 0 Å². The van der Waals surface area contributed by atoms with Crippen LogP contribution in [0.2, 0.25) is 0 Å². The van der Waals surface area contributed by atoms with E-state index in [2.05, 4.69) is 13.8 Å². The highest BCUT2D eigenvalue weighted by Gasteiger charge is 2.14. The third-order valence-electron chi connectivity index (χ3n) is 3.66. The maximum atomic E-state index is 10.6. The Morgan fingerprint density at radius 3 is 1.12 bits per heavy atom. The fourth-order valence-corrected chi connectivity index (χ4v) is 2.17. The van der Waals surface area contributed by atoms with Gasteiger partial charge in [-0.25, -0.2) is 0 Å². The van der Waals surface area contributed by atoms with E-state index in [0.717, 1.165) is 63.2 Å². The van der Waals surface area contributed by atoms with Crippen molar-refractivity contribution in [1.82, 2.24) is 0 Å². The molecule has 0 aromatic carbocycles. The van der Waals surface area contributed by atoms with Crippen LogP contribution in [-0.2, 0) is 9.59 Å². The summed E-state index contributed by atoms with van der Waals surface area (Å²) < 4.78 is 0. The molecule has 0 N–H and O–H groups in total. The van der Waals surface area contributed by atoms with Crippen LogP contribution >= 0.6 is 0 Å². The summed E-state index contributed by atoms with van der Waals surface area (Å²) in [7, 11) is 0. The number of hydrogen-bond acceptors (Lipinski definition) is 2. The summed E-state index contributed by atoms with van der Waals surface area (Å²) in [5.41, 5.74) is 0. The van der Waals surface area contributed by atoms with Crippen molar-refractivity contribution in [1.29, 1.82) is 0 Å². The second-order valence-corrected chi connectivity index (χ2v) is 5.44. The van der Waals surface area contributed by atoms with Gasteiger partial charge in [0.2, 0.25) is 0 Å². The Labute approximate surface area is 98.8 Å². The fraction of sp³-hybridized carbons (Fsp3) is 0.857. The van der Waals surface area contributed by atoms with E-state index in [1.165, 1.54) is 0 Å². The molecule has 2 heteroatoms. The van der Waals surface area contributed by atoms with Gasteiger partial charge in [0.25, 0.3) is 0 Å². The first-order chi connectivity index (χ1) is 7.58. The van der Waals surface area contributed by atoms with Crippen LogP contribution in [0.15, 0.2) is 0 Å². The average Bonchev–Trinajstić information content (AvgIpc) is 2.28. The molecule has 0 bridgehead atoms. The van der Waals surface area contributed by atoms with Crippen molar-refractivity contribution >= 4 is 11.6 Å². The molecule has 2 saturated carbocycles. The van der Waals surface area contributed by atoms with Gasteiger partial charge in [-0.2, -0.15) is 0 Å². The predicted molar refractivity (Wildman–Crippen MR) is 65.3 cm³/mol. The SMILES string of the molecule is CC1CCC(=O)CC1.CC1CCC(=O)CC1. The zero-order valence-corrected chi connectivity index (χ0v) is 10.6. The zero-order valence-electron chi connectivity index (χ0n) is 10.6. The van der Waals surface area contributed by atoms with Crippen LogP contribution in [-0.4, -0.2) is 11.6 Å². The second-order valence-electron chi connectivity index (χ2n) is 5.44. The van der Waals surface area contributed by atoms with Crippen molar-refractivity contribution in [3.8, 4) is 0 Å². The highest BCUT2D eigenvalue weighted by molar-refractivity contribution is 5.79. The Hall–Kier alpha value is -0.660. The maximum absolute atomic E-state index is 10.6. The topological polar surface area (TPSA) is 34.1 Å². The molecule has 92 valence electrons. The van der Waals surface area contributed by atoms with Crippen molar-refractivity contribution in [2.45, 2.75) is 65.2 Å². The summed E-state index contributed by atoms with van der Waals surface area (Å²) in [6.45, 7) is 4.43. The Bertz CT molecular complexity index is 199. The third kappa shape index (κ3) is 5.43. The quantitative estimate of drug-likeness (QED) is 0.630. The summed E-state index contributed by atoms with van der Waals surface area (Å²) in [4.78, 5) is 21.2. The van der Waals surface area contributed by atoms with Crippen LogP contribution in [0, 0.1) is 11.8 Å². The Kier molecular flexibility index (Phi) is 5.72. The summed E-state index contributed by atoms with van der Waals surface area (Å²) in [5, 5.41) is 0. The van der Waals surface area contributed by atoms with Gasteiger partial charge >= 0.3 is 0 Å². The highest BCUT2D eigenvalue weighted by atomic mass is 16.1. The summed E-state index contributed by atoms with van der Waals surface area (Å²) >= 11 is 0. The Morgan fingerprint density at radius 1 is 0.688 bits per heavy atom. The van der Waals surface area contributed by atoms with Crippen LogP contribution in [0.4, 0.5) is 0 Å². The lowest BCUT2D eigenvalue weighted by atomic mass is 9.90. The molecule has 0 spiro atoms. The van der Waals surface area contributed by atoms with Gasteiger partial charge in [0.05, 0.1) is 0 Å². The number of Topliss-reactive ketones (excluding diaryl/α,β-unsaturated/α-hetero) is 2. The lowest BCUT2D eigenvalue weighted by Crippen LogP contribution is -2.10. The van der Waals surface area contributed by atoms with Crippen LogP contribution < -0.4 is 0 Å². The summed E-state index contributed by atoms with van der Waals surface area (Å²) in [6.07, 6.45) is 7.83. The van der Waals surface area contributed by atoms with E-state index in [9.17, 15) is 9.59 Å². The summed E-state index contributed by atoms with van der Waals surface area (Å²) in [6, 6.07) is 0. The Balaban J connectivity index is 0.000000160. The molecule has 0 heterocycles. The molecule has 0 unspecified atom stereocenters. The van der Waals surface area contributed by atoms with Crippen LogP contribution in [0.3, 0.4) is 0 Å². The first-order valence-electron chi connectivity index (χ1n) is 6.61. The van der Waals surface area contributed by atoms with Gasteiger partial charge in [0.15, 0.2) is 0 Å². The number of ketones is 2. The summed E-state index contributed by atoms with van der Waals surface area (Å²) in [5.74, 6) is 2.52. The average molecular weight is 224 g/mol. The van der Waals surface area contributed by atoms with Crippen molar-refractivity contribution < 1.29 is 9.59 Å². The monoisotopic (exact) mass is 224 g/mol. The minimum absolute atomic E-state index is 0.461. The molecule has 16 heavy (non-hydrogen) atoms. The normalized spacial score (nSPS) is 23.9. The lowest BCUT2D eigenvalue weighted by molar-refractivity contribution is -0.121. The first-order valence-corrected chi connectivity index (χ1v) is 6.61. The molecular weight excluding hydrogens is 200 g/mol. The molecule has 2 aliphatic carbocycles. The van der Waals surface area contributed by atoms with Crippen LogP contribution in [0.5, 0.6) is 0 Å². The molecule has 0 aromatic rings. The molecule has 0 atom stereocenters. The molecule has 2 rings (SSSR count). The zero-order chi connectivity index (χ0) is 12.0. The number of hydrogen-bond donors (Lipinski definition) is 0. The minimum Gasteiger partial charge on any atom is -0.300 e. The number of carbonyl (C=O) groups excluding carboxylic acids is 2. The Morgan fingerprint density at radius 2 is 0.938 bits per heavy atom. The van der Waals surface area contributed by atoms with Crippen molar-refractivity contribution in [2.24, 2.45) is 11.8 Å². The van der Waals surface area contributed by atoms with Gasteiger partial charge in [-0.1, -0.05) is 13.8 Å². The molecule has 0 aliphatic heterocycles. The van der Waals surface area contributed by atoms with E-state index in [1.807, 2.05) is 0 Å². The number of carbonyl (C=O) groups is 2. The van der Waals surface area contributed by atoms with Crippen LogP contribution in [0.25, 0.3) is 0 Å². The van der Waals surface area contributed by atoms with Crippen molar-refractivity contribution in [3.05, 3.63) is 0 Å². The smallest absolute Gasteiger partial charge is 0.132 e. The van der Waals surface area contributed by atoms with Crippen molar-refractivity contribution in [2.75, 3.05) is 0 Å². The molecule has 0 saturated heterocycles. The minimum atomic E-state index is 0.461. The van der Waals surface area contributed by atoms with E-state index >= 15 is 0 Å². The molecule has 0 radical (unpaired) electrons. The molecule has 2 nitrogen and oxygen atoms in total. The van der Waals surface area contributed by atoms with Crippen LogP contribution in [0.1, 0.15) is 65.2 Å². The predicted octanol–water partition coefficient (Wildman–Crippen LogP) is 3.53. The third-order valence-corrected chi connectivity index (χ3v) is 3.66. The molecule has 2 fully saturated rings. The van der Waals surface area contributed by atoms with Gasteiger partial charge in [0.1, 0.15) is 11.6 Å². The van der Waals surface area contributed by atoms with Gasteiger partial charge in [-0.05, 0) is 37.5 Å². The fourth-order valence-electron chi connectivity index (χ4n) is 2.17. The van der Waals surface area contributed by atoms with Gasteiger partial charge in [-0.15, -0.1) is 0 Å². The van der Waals surface area contributed by atoms with E-state index in [1.54, 1.807) is 0 Å². The molecular formula is C14H24O2.